The zero-order chi connectivity index (χ0) is 12.8. The van der Waals surface area contributed by atoms with Gasteiger partial charge in [0, 0.05) is 19.1 Å². The Morgan fingerprint density at radius 1 is 1.56 bits per heavy atom. The van der Waals surface area contributed by atoms with E-state index < -0.39 is 0 Å². The summed E-state index contributed by atoms with van der Waals surface area (Å²) < 4.78 is 1.74. The van der Waals surface area contributed by atoms with Gasteiger partial charge in [0.15, 0.2) is 0 Å². The first-order valence-corrected chi connectivity index (χ1v) is 7.17. The summed E-state index contributed by atoms with van der Waals surface area (Å²) in [5.41, 5.74) is 0. The van der Waals surface area contributed by atoms with Crippen molar-refractivity contribution in [2.75, 3.05) is 18.8 Å². The van der Waals surface area contributed by atoms with Gasteiger partial charge in [-0.25, -0.2) is 4.68 Å². The zero-order valence-corrected chi connectivity index (χ0v) is 11.2. The molecule has 18 heavy (non-hydrogen) atoms. The van der Waals surface area contributed by atoms with Gasteiger partial charge in [-0.1, -0.05) is 11.8 Å². The smallest absolute Gasteiger partial charge is 0.230 e. The molecule has 0 saturated heterocycles. The minimum Gasteiger partial charge on any atom is -0.356 e. The van der Waals surface area contributed by atoms with Gasteiger partial charge in [-0.2, -0.15) is 0 Å². The molecule has 0 spiro atoms. The summed E-state index contributed by atoms with van der Waals surface area (Å²) in [5.74, 6) is 0.359. The van der Waals surface area contributed by atoms with Crippen molar-refractivity contribution in [2.45, 2.75) is 37.5 Å². The number of tetrazole rings is 1. The summed E-state index contributed by atoms with van der Waals surface area (Å²) in [4.78, 5) is 11.3. The van der Waals surface area contributed by atoms with Crippen LogP contribution in [0.1, 0.15) is 19.8 Å². The highest BCUT2D eigenvalue weighted by Crippen LogP contribution is 2.18. The first kappa shape index (κ1) is 13.3. The number of nitrogens with zero attached hydrogens (tertiary/aromatic N) is 4. The molecule has 0 bridgehead atoms. The van der Waals surface area contributed by atoms with E-state index in [0.29, 0.717) is 23.5 Å². The third kappa shape index (κ3) is 4.26. The fraction of sp³-hybridized carbons (Fsp3) is 0.800. The van der Waals surface area contributed by atoms with E-state index in [0.717, 1.165) is 13.1 Å². The second-order valence-electron chi connectivity index (χ2n) is 4.16. The Hall–Kier alpha value is -1.15. The van der Waals surface area contributed by atoms with E-state index in [2.05, 4.69) is 26.2 Å². The van der Waals surface area contributed by atoms with Crippen molar-refractivity contribution in [1.82, 2.24) is 30.8 Å². The lowest BCUT2D eigenvalue weighted by molar-refractivity contribution is -0.118. The molecule has 0 unspecified atom stereocenters. The molecule has 1 heterocycles. The van der Waals surface area contributed by atoms with E-state index in [9.17, 15) is 4.79 Å². The highest BCUT2D eigenvalue weighted by atomic mass is 32.2. The van der Waals surface area contributed by atoms with Crippen molar-refractivity contribution < 1.29 is 4.79 Å². The van der Waals surface area contributed by atoms with Crippen LogP contribution in [0.25, 0.3) is 0 Å². The van der Waals surface area contributed by atoms with E-state index >= 15 is 0 Å². The molecule has 0 atom stereocenters. The molecule has 0 radical (unpaired) electrons. The van der Waals surface area contributed by atoms with Crippen molar-refractivity contribution in [3.8, 4) is 0 Å². The standard InChI is InChI=1S/C10H18N6OS/c1-2-11-9(17)7-18-10-13-14-15-16(10)6-5-12-8-3-4-8/h8,12H,2-7H2,1H3,(H,11,17). The van der Waals surface area contributed by atoms with Crippen molar-refractivity contribution in [2.24, 2.45) is 0 Å². The minimum absolute atomic E-state index is 0.00755. The second kappa shape index (κ2) is 6.69. The van der Waals surface area contributed by atoms with E-state index in [1.165, 1.54) is 24.6 Å². The average molecular weight is 270 g/mol. The molecule has 1 aliphatic rings. The number of aromatic nitrogens is 4. The molecule has 1 aliphatic carbocycles. The first-order valence-electron chi connectivity index (χ1n) is 6.18. The lowest BCUT2D eigenvalue weighted by Gasteiger charge is -2.05. The number of carbonyl (C=O) groups is 1. The van der Waals surface area contributed by atoms with Crippen LogP contribution in [0.4, 0.5) is 0 Å². The lowest BCUT2D eigenvalue weighted by atomic mass is 10.6. The molecule has 1 fully saturated rings. The first-order chi connectivity index (χ1) is 8.79. The number of carbonyl (C=O) groups excluding carboxylic acids is 1. The number of nitrogens with one attached hydrogen (secondary N) is 2. The van der Waals surface area contributed by atoms with Crippen molar-refractivity contribution >= 4 is 17.7 Å². The molecule has 1 saturated carbocycles. The monoisotopic (exact) mass is 270 g/mol. The fourth-order valence-electron chi connectivity index (χ4n) is 1.48. The third-order valence-electron chi connectivity index (χ3n) is 2.54. The maximum atomic E-state index is 11.3. The number of hydrogen-bond donors (Lipinski definition) is 2. The SMILES string of the molecule is CCNC(=O)CSc1nnnn1CCNC1CC1. The molecule has 8 heteroatoms. The van der Waals surface area contributed by atoms with Gasteiger partial charge in [-0.05, 0) is 30.2 Å². The van der Waals surface area contributed by atoms with Crippen LogP contribution in [0.2, 0.25) is 0 Å². The Balaban J connectivity index is 1.73. The van der Waals surface area contributed by atoms with Crippen molar-refractivity contribution in [3.63, 3.8) is 0 Å². The molecule has 2 N–H and O–H groups in total. The summed E-state index contributed by atoms with van der Waals surface area (Å²) >= 11 is 1.36. The number of thioether (sulfide) groups is 1. The van der Waals surface area contributed by atoms with Crippen LogP contribution in [-0.4, -0.2) is 51.0 Å². The molecular formula is C10H18N6OS. The number of hydrogen-bond acceptors (Lipinski definition) is 6. The maximum absolute atomic E-state index is 11.3. The van der Waals surface area contributed by atoms with Gasteiger partial charge in [0.2, 0.25) is 11.1 Å². The van der Waals surface area contributed by atoms with Gasteiger partial charge in [0.05, 0.1) is 12.3 Å². The molecule has 0 aromatic carbocycles. The lowest BCUT2D eigenvalue weighted by Crippen LogP contribution is -2.25. The third-order valence-corrected chi connectivity index (χ3v) is 3.50. The van der Waals surface area contributed by atoms with Crippen LogP contribution in [0.15, 0.2) is 5.16 Å². The van der Waals surface area contributed by atoms with Crippen LogP contribution < -0.4 is 10.6 Å². The highest BCUT2D eigenvalue weighted by molar-refractivity contribution is 7.99. The molecule has 0 aliphatic heterocycles. The fourth-order valence-corrected chi connectivity index (χ4v) is 2.21. The van der Waals surface area contributed by atoms with E-state index in [-0.39, 0.29) is 5.91 Å². The largest absolute Gasteiger partial charge is 0.356 e. The molecule has 1 amide bonds. The predicted octanol–water partition coefficient (Wildman–Crippen LogP) is -0.347. The van der Waals surface area contributed by atoms with Crippen LogP contribution in [0, 0.1) is 0 Å². The van der Waals surface area contributed by atoms with Crippen molar-refractivity contribution in [3.05, 3.63) is 0 Å². The Morgan fingerprint density at radius 3 is 3.11 bits per heavy atom. The summed E-state index contributed by atoms with van der Waals surface area (Å²) in [6, 6.07) is 0.688. The number of rotatable bonds is 8. The summed E-state index contributed by atoms with van der Waals surface area (Å²) in [6.45, 7) is 4.15. The highest BCUT2D eigenvalue weighted by Gasteiger charge is 2.20. The molecule has 7 nitrogen and oxygen atoms in total. The Morgan fingerprint density at radius 2 is 2.39 bits per heavy atom. The second-order valence-corrected chi connectivity index (χ2v) is 5.10. The van der Waals surface area contributed by atoms with Crippen molar-refractivity contribution in [1.29, 1.82) is 0 Å². The normalized spacial score (nSPS) is 14.7. The quantitative estimate of drug-likeness (QED) is 0.628. The molecule has 100 valence electrons. The van der Waals surface area contributed by atoms with Crippen LogP contribution in [-0.2, 0) is 11.3 Å². The van der Waals surface area contributed by atoms with Crippen LogP contribution >= 0.6 is 11.8 Å². The molecule has 1 aromatic rings. The minimum atomic E-state index is 0.00755. The summed E-state index contributed by atoms with van der Waals surface area (Å²) in [6.07, 6.45) is 2.54. The van der Waals surface area contributed by atoms with E-state index in [4.69, 9.17) is 0 Å². The maximum Gasteiger partial charge on any atom is 0.230 e. The Labute approximate surface area is 110 Å². The Bertz CT molecular complexity index is 391. The van der Waals surface area contributed by atoms with Gasteiger partial charge in [0.1, 0.15) is 0 Å². The van der Waals surface area contributed by atoms with Crippen LogP contribution in [0.5, 0.6) is 0 Å². The van der Waals surface area contributed by atoms with Crippen LogP contribution in [0.3, 0.4) is 0 Å². The predicted molar refractivity (Wildman–Crippen MR) is 68.2 cm³/mol. The Kier molecular flexibility index (Phi) is 4.94. The van der Waals surface area contributed by atoms with E-state index in [1.54, 1.807) is 4.68 Å². The number of amides is 1. The molecule has 1 aromatic heterocycles. The molecular weight excluding hydrogens is 252 g/mol. The van der Waals surface area contributed by atoms with E-state index in [1.807, 2.05) is 6.92 Å². The summed E-state index contributed by atoms with van der Waals surface area (Å²) in [5, 5.41) is 18.3. The van der Waals surface area contributed by atoms with Gasteiger partial charge < -0.3 is 10.6 Å². The van der Waals surface area contributed by atoms with Gasteiger partial charge >= 0.3 is 0 Å². The zero-order valence-electron chi connectivity index (χ0n) is 10.4. The molecule has 2 rings (SSSR count). The van der Waals surface area contributed by atoms with Gasteiger partial charge in [-0.3, -0.25) is 4.79 Å². The average Bonchev–Trinajstić information content (AvgIpc) is 3.06. The van der Waals surface area contributed by atoms with Gasteiger partial charge in [-0.15, -0.1) is 5.10 Å². The topological polar surface area (TPSA) is 84.7 Å². The summed E-state index contributed by atoms with van der Waals surface area (Å²) in [7, 11) is 0. The van der Waals surface area contributed by atoms with Gasteiger partial charge in [0.25, 0.3) is 0 Å².